The number of nitrogens with zero attached hydrogens (tertiary/aromatic N) is 1. The fourth-order valence-corrected chi connectivity index (χ4v) is 2.07. The molecule has 0 fully saturated rings. The van der Waals surface area contributed by atoms with Crippen molar-refractivity contribution >= 4 is 23.7 Å². The Kier molecular flexibility index (Phi) is 7.16. The first-order valence-corrected chi connectivity index (χ1v) is 7.69. The zero-order valence-electron chi connectivity index (χ0n) is 13.6. The number of halogens is 3. The van der Waals surface area contributed by atoms with E-state index in [1.54, 1.807) is 30.3 Å². The van der Waals surface area contributed by atoms with Gasteiger partial charge in [-0.05, 0) is 35.9 Å². The molecule has 0 aliphatic carbocycles. The highest BCUT2D eigenvalue weighted by molar-refractivity contribution is 6.32. The lowest BCUT2D eigenvalue weighted by molar-refractivity contribution is -0.123. The Bertz CT molecular complexity index is 787. The number of rotatable bonds is 8. The van der Waals surface area contributed by atoms with Gasteiger partial charge in [-0.3, -0.25) is 4.79 Å². The standard InChI is InChI=1S/C17H15ClF2N2O4/c1-24-14-7-6-11(8-15(14)26-17(19)20)9-21-22-16(23)10-25-13-5-3-2-4-12(13)18/h2-9,17H,10H2,1H3,(H,22,23)/b21-9-. The summed E-state index contributed by atoms with van der Waals surface area (Å²) in [5.41, 5.74) is 2.68. The van der Waals surface area contributed by atoms with Gasteiger partial charge in [0, 0.05) is 0 Å². The highest BCUT2D eigenvalue weighted by Gasteiger charge is 2.11. The zero-order chi connectivity index (χ0) is 18.9. The van der Waals surface area contributed by atoms with Crippen molar-refractivity contribution in [3.05, 3.63) is 53.1 Å². The van der Waals surface area contributed by atoms with Crippen LogP contribution < -0.4 is 19.6 Å². The molecule has 0 heterocycles. The number of hydrogen-bond donors (Lipinski definition) is 1. The van der Waals surface area contributed by atoms with Crippen LogP contribution in [0.4, 0.5) is 8.78 Å². The summed E-state index contributed by atoms with van der Waals surface area (Å²) in [6.07, 6.45) is 1.27. The summed E-state index contributed by atoms with van der Waals surface area (Å²) in [6.45, 7) is -3.28. The topological polar surface area (TPSA) is 69.2 Å². The third kappa shape index (κ3) is 5.89. The van der Waals surface area contributed by atoms with Crippen LogP contribution >= 0.6 is 11.6 Å². The van der Waals surface area contributed by atoms with Gasteiger partial charge in [-0.1, -0.05) is 23.7 Å². The minimum Gasteiger partial charge on any atom is -0.493 e. The third-order valence-corrected chi connectivity index (χ3v) is 3.31. The molecule has 0 unspecified atom stereocenters. The molecule has 2 aromatic rings. The van der Waals surface area contributed by atoms with E-state index in [0.29, 0.717) is 16.3 Å². The Hall–Kier alpha value is -2.87. The molecule has 0 bridgehead atoms. The minimum absolute atomic E-state index is 0.139. The van der Waals surface area contributed by atoms with Gasteiger partial charge in [0.25, 0.3) is 5.91 Å². The van der Waals surface area contributed by atoms with E-state index in [1.165, 1.54) is 25.5 Å². The maximum absolute atomic E-state index is 12.4. The normalized spacial score (nSPS) is 10.8. The van der Waals surface area contributed by atoms with Gasteiger partial charge in [0.15, 0.2) is 18.1 Å². The summed E-state index contributed by atoms with van der Waals surface area (Å²) in [4.78, 5) is 11.7. The van der Waals surface area contributed by atoms with E-state index in [0.717, 1.165) is 0 Å². The second kappa shape index (κ2) is 9.57. The number of alkyl halides is 2. The SMILES string of the molecule is COc1ccc(/C=N\NC(=O)COc2ccccc2Cl)cc1OC(F)F. The van der Waals surface area contributed by atoms with Crippen molar-refractivity contribution in [2.45, 2.75) is 6.61 Å². The molecule has 9 heteroatoms. The average Bonchev–Trinajstić information content (AvgIpc) is 2.61. The molecule has 0 aliphatic heterocycles. The molecule has 0 aromatic heterocycles. The summed E-state index contributed by atoms with van der Waals surface area (Å²) >= 11 is 5.91. The first-order chi connectivity index (χ1) is 12.5. The van der Waals surface area contributed by atoms with E-state index < -0.39 is 12.5 Å². The molecule has 1 amide bonds. The van der Waals surface area contributed by atoms with Crippen LogP contribution in [0.3, 0.4) is 0 Å². The number of ether oxygens (including phenoxy) is 3. The summed E-state index contributed by atoms with van der Waals surface area (Å²) in [5, 5.41) is 4.11. The average molecular weight is 385 g/mol. The Balaban J connectivity index is 1.91. The quantitative estimate of drug-likeness (QED) is 0.559. The van der Waals surface area contributed by atoms with E-state index in [9.17, 15) is 13.6 Å². The Morgan fingerprint density at radius 1 is 1.23 bits per heavy atom. The van der Waals surface area contributed by atoms with Crippen LogP contribution in [0.25, 0.3) is 0 Å². The first kappa shape index (κ1) is 19.5. The molecule has 0 spiro atoms. The fraction of sp³-hybridized carbons (Fsp3) is 0.176. The maximum Gasteiger partial charge on any atom is 0.387 e. The van der Waals surface area contributed by atoms with Crippen LogP contribution in [0.5, 0.6) is 17.2 Å². The predicted molar refractivity (Wildman–Crippen MR) is 92.3 cm³/mol. The van der Waals surface area contributed by atoms with E-state index in [4.69, 9.17) is 21.1 Å². The molecule has 0 aliphatic rings. The number of carbonyl (C=O) groups is 1. The number of carbonyl (C=O) groups excluding carboxylic acids is 1. The highest BCUT2D eigenvalue weighted by Crippen LogP contribution is 2.29. The van der Waals surface area contributed by atoms with Gasteiger partial charge in [-0.2, -0.15) is 13.9 Å². The van der Waals surface area contributed by atoms with Crippen molar-refractivity contribution in [3.8, 4) is 17.2 Å². The maximum atomic E-state index is 12.4. The second-order valence-electron chi connectivity index (χ2n) is 4.80. The zero-order valence-corrected chi connectivity index (χ0v) is 14.4. The molecule has 138 valence electrons. The van der Waals surface area contributed by atoms with Crippen molar-refractivity contribution < 1.29 is 27.8 Å². The minimum atomic E-state index is -2.99. The molecule has 0 radical (unpaired) electrons. The van der Waals surface area contributed by atoms with Gasteiger partial charge in [-0.25, -0.2) is 5.43 Å². The van der Waals surface area contributed by atoms with Crippen LogP contribution in [0, 0.1) is 0 Å². The molecule has 0 saturated heterocycles. The molecule has 6 nitrogen and oxygen atoms in total. The smallest absolute Gasteiger partial charge is 0.387 e. The largest absolute Gasteiger partial charge is 0.493 e. The van der Waals surface area contributed by atoms with Gasteiger partial charge >= 0.3 is 6.61 Å². The number of methoxy groups -OCH3 is 1. The lowest BCUT2D eigenvalue weighted by atomic mass is 10.2. The first-order valence-electron chi connectivity index (χ1n) is 7.31. The van der Waals surface area contributed by atoms with Crippen molar-refractivity contribution in [3.63, 3.8) is 0 Å². The molecule has 2 rings (SSSR count). The fourth-order valence-electron chi connectivity index (χ4n) is 1.88. The third-order valence-electron chi connectivity index (χ3n) is 3.00. The highest BCUT2D eigenvalue weighted by atomic mass is 35.5. The summed E-state index contributed by atoms with van der Waals surface area (Å²) in [6, 6.07) is 11.0. The van der Waals surface area contributed by atoms with Crippen LogP contribution in [0.2, 0.25) is 5.02 Å². The van der Waals surface area contributed by atoms with Crippen LogP contribution in [-0.4, -0.2) is 32.4 Å². The summed E-state index contributed by atoms with van der Waals surface area (Å²) in [5.74, 6) is -0.129. The van der Waals surface area contributed by atoms with E-state index in [2.05, 4.69) is 15.3 Å². The molecular weight excluding hydrogens is 370 g/mol. The number of hydrogen-bond acceptors (Lipinski definition) is 5. The predicted octanol–water partition coefficient (Wildman–Crippen LogP) is 3.48. The van der Waals surface area contributed by atoms with Crippen LogP contribution in [0.1, 0.15) is 5.56 Å². The number of hydrazone groups is 1. The van der Waals surface area contributed by atoms with Crippen LogP contribution in [-0.2, 0) is 4.79 Å². The van der Waals surface area contributed by atoms with E-state index in [-0.39, 0.29) is 18.1 Å². The van der Waals surface area contributed by atoms with Gasteiger partial charge in [0.05, 0.1) is 18.3 Å². The Morgan fingerprint density at radius 3 is 2.69 bits per heavy atom. The molecule has 2 aromatic carbocycles. The number of para-hydroxylation sites is 1. The molecule has 1 N–H and O–H groups in total. The Morgan fingerprint density at radius 2 is 2.00 bits per heavy atom. The van der Waals surface area contributed by atoms with Crippen molar-refractivity contribution in [1.29, 1.82) is 0 Å². The molecule has 0 atom stereocenters. The monoisotopic (exact) mass is 384 g/mol. The number of benzene rings is 2. The van der Waals surface area contributed by atoms with Crippen molar-refractivity contribution in [2.75, 3.05) is 13.7 Å². The molecular formula is C17H15ClF2N2O4. The van der Waals surface area contributed by atoms with E-state index in [1.807, 2.05) is 0 Å². The summed E-state index contributed by atoms with van der Waals surface area (Å²) < 4.78 is 39.3. The van der Waals surface area contributed by atoms with Gasteiger partial charge in [0.1, 0.15) is 5.75 Å². The van der Waals surface area contributed by atoms with Gasteiger partial charge in [0.2, 0.25) is 0 Å². The van der Waals surface area contributed by atoms with Gasteiger partial charge < -0.3 is 14.2 Å². The number of amides is 1. The van der Waals surface area contributed by atoms with E-state index >= 15 is 0 Å². The van der Waals surface area contributed by atoms with Crippen molar-refractivity contribution in [1.82, 2.24) is 5.43 Å². The lowest BCUT2D eigenvalue weighted by Crippen LogP contribution is -2.24. The second-order valence-corrected chi connectivity index (χ2v) is 5.21. The van der Waals surface area contributed by atoms with Crippen LogP contribution in [0.15, 0.2) is 47.6 Å². The number of nitrogens with one attached hydrogen (secondary N) is 1. The Labute approximate surface area is 153 Å². The van der Waals surface area contributed by atoms with Crippen molar-refractivity contribution in [2.24, 2.45) is 5.10 Å². The van der Waals surface area contributed by atoms with Gasteiger partial charge in [-0.15, -0.1) is 0 Å². The summed E-state index contributed by atoms with van der Waals surface area (Å²) in [7, 11) is 1.33. The lowest BCUT2D eigenvalue weighted by Gasteiger charge is -2.10. The molecule has 26 heavy (non-hydrogen) atoms. The molecule has 0 saturated carbocycles.